The summed E-state index contributed by atoms with van der Waals surface area (Å²) in [4.78, 5) is 18.7. The number of halogens is 1. The molecule has 0 spiro atoms. The number of nitrogens with zero attached hydrogens (tertiary/aromatic N) is 1. The largest absolute Gasteiger partial charge is 0.469 e. The van der Waals surface area contributed by atoms with E-state index in [1.165, 1.54) is 29.1 Å². The number of aliphatic imine (C=N–C) groups is 1. The lowest BCUT2D eigenvalue weighted by Crippen LogP contribution is -2.38. The number of nitrogens with one attached hydrogen (secondary N) is 3. The van der Waals surface area contributed by atoms with Gasteiger partial charge in [-0.2, -0.15) is 0 Å². The molecule has 1 aromatic heterocycles. The molecule has 2 aromatic rings. The zero-order valence-electron chi connectivity index (χ0n) is 17.1. The summed E-state index contributed by atoms with van der Waals surface area (Å²) in [5.41, 5.74) is 3.78. The van der Waals surface area contributed by atoms with Crippen LogP contribution in [0.3, 0.4) is 0 Å². The molecule has 0 saturated carbocycles. The Bertz CT molecular complexity index is 758. The van der Waals surface area contributed by atoms with E-state index in [0.717, 1.165) is 51.2 Å². The normalized spacial score (nSPS) is 11.2. The molecule has 0 radical (unpaired) electrons. The van der Waals surface area contributed by atoms with Crippen LogP contribution in [0, 0.1) is 6.92 Å². The Balaban J connectivity index is 0.00000392. The summed E-state index contributed by atoms with van der Waals surface area (Å²) in [6.45, 7) is 3.82. The Morgan fingerprint density at radius 3 is 2.64 bits per heavy atom. The van der Waals surface area contributed by atoms with Gasteiger partial charge in [0.15, 0.2) is 5.96 Å². The number of hydrogen-bond acceptors (Lipinski definition) is 3. The van der Waals surface area contributed by atoms with Gasteiger partial charge in [-0.15, -0.1) is 24.0 Å². The monoisotopic (exact) mass is 500 g/mol. The van der Waals surface area contributed by atoms with Crippen molar-refractivity contribution >= 4 is 46.8 Å². The molecule has 156 valence electrons. The number of hydrogen-bond donors (Lipinski definition) is 3. The second-order valence-corrected chi connectivity index (χ2v) is 6.78. The molecule has 1 aromatic carbocycles. The number of unbranched alkanes of at least 4 members (excludes halogenated alkanes) is 3. The number of methoxy groups -OCH3 is 1. The molecule has 0 aliphatic rings. The van der Waals surface area contributed by atoms with Crippen molar-refractivity contribution in [3.8, 4) is 0 Å². The average molecular weight is 500 g/mol. The van der Waals surface area contributed by atoms with Crippen LogP contribution in [0.2, 0.25) is 0 Å². The summed E-state index contributed by atoms with van der Waals surface area (Å²) in [6, 6.07) is 6.51. The number of aryl methyl sites for hydroxylation is 1. The second kappa shape index (κ2) is 13.4. The van der Waals surface area contributed by atoms with Crippen molar-refractivity contribution in [2.24, 2.45) is 4.99 Å². The molecule has 0 unspecified atom stereocenters. The van der Waals surface area contributed by atoms with Crippen molar-refractivity contribution in [2.45, 2.75) is 45.4 Å². The van der Waals surface area contributed by atoms with E-state index in [1.54, 1.807) is 7.05 Å². The first-order chi connectivity index (χ1) is 13.1. The van der Waals surface area contributed by atoms with E-state index >= 15 is 0 Å². The molecule has 0 atom stereocenters. The van der Waals surface area contributed by atoms with Gasteiger partial charge in [-0.25, -0.2) is 0 Å². The maximum absolute atomic E-state index is 11.0. The Labute approximate surface area is 184 Å². The van der Waals surface area contributed by atoms with Gasteiger partial charge in [0.2, 0.25) is 0 Å². The second-order valence-electron chi connectivity index (χ2n) is 6.78. The first kappa shape index (κ1) is 24.3. The number of carbonyl (C=O) groups is 1. The highest BCUT2D eigenvalue weighted by molar-refractivity contribution is 14.0. The Morgan fingerprint density at radius 1 is 1.14 bits per heavy atom. The van der Waals surface area contributed by atoms with Gasteiger partial charge in [0.25, 0.3) is 0 Å². The fourth-order valence-corrected chi connectivity index (χ4v) is 3.10. The molecule has 1 heterocycles. The maximum Gasteiger partial charge on any atom is 0.305 e. The minimum Gasteiger partial charge on any atom is -0.469 e. The zero-order valence-corrected chi connectivity index (χ0v) is 19.5. The average Bonchev–Trinajstić information content (AvgIpc) is 3.07. The Kier molecular flexibility index (Phi) is 11.6. The minimum atomic E-state index is -0.122. The van der Waals surface area contributed by atoms with Crippen LogP contribution >= 0.6 is 24.0 Å². The molecule has 0 fully saturated rings. The van der Waals surface area contributed by atoms with Gasteiger partial charge < -0.3 is 20.4 Å². The van der Waals surface area contributed by atoms with Gasteiger partial charge in [-0.05, 0) is 43.4 Å². The van der Waals surface area contributed by atoms with Crippen molar-refractivity contribution in [2.75, 3.05) is 27.2 Å². The third-order valence-corrected chi connectivity index (χ3v) is 4.66. The van der Waals surface area contributed by atoms with E-state index in [0.29, 0.717) is 6.42 Å². The molecule has 0 bridgehead atoms. The number of H-pyrrole nitrogens is 1. The van der Waals surface area contributed by atoms with Crippen molar-refractivity contribution in [1.82, 2.24) is 15.6 Å². The molecule has 0 aliphatic heterocycles. The third kappa shape index (κ3) is 8.08. The van der Waals surface area contributed by atoms with Gasteiger partial charge in [0.1, 0.15) is 0 Å². The smallest absolute Gasteiger partial charge is 0.305 e. The SMILES string of the molecule is CN=C(NCCCCCCC(=O)OC)NCCc1c[nH]c2cc(C)ccc12.I. The highest BCUT2D eigenvalue weighted by Crippen LogP contribution is 2.19. The van der Waals surface area contributed by atoms with Crippen LogP contribution in [0.1, 0.15) is 43.2 Å². The van der Waals surface area contributed by atoms with Gasteiger partial charge in [0.05, 0.1) is 7.11 Å². The van der Waals surface area contributed by atoms with E-state index in [2.05, 4.69) is 56.7 Å². The molecule has 2 rings (SSSR count). The van der Waals surface area contributed by atoms with E-state index < -0.39 is 0 Å². The molecule has 0 saturated heterocycles. The predicted molar refractivity (Wildman–Crippen MR) is 127 cm³/mol. The standard InChI is InChI=1S/C21H32N4O2.HI/c1-16-9-10-18-17(15-25-19(18)14-16)11-13-24-21(22-2)23-12-7-5-4-6-8-20(26)27-3;/h9-10,14-15,25H,4-8,11-13H2,1-3H3,(H2,22,23,24);1H. The Hall–Kier alpha value is -1.77. The maximum atomic E-state index is 11.0. The van der Waals surface area contributed by atoms with E-state index in [9.17, 15) is 4.79 Å². The summed E-state index contributed by atoms with van der Waals surface area (Å²) in [7, 11) is 3.23. The molecule has 6 nitrogen and oxygen atoms in total. The lowest BCUT2D eigenvalue weighted by Gasteiger charge is -2.11. The van der Waals surface area contributed by atoms with Gasteiger partial charge in [-0.3, -0.25) is 9.79 Å². The summed E-state index contributed by atoms with van der Waals surface area (Å²) in [6.07, 6.45) is 7.64. The summed E-state index contributed by atoms with van der Waals surface area (Å²) in [5.74, 6) is 0.711. The van der Waals surface area contributed by atoms with Crippen LogP contribution in [0.15, 0.2) is 29.4 Å². The molecule has 28 heavy (non-hydrogen) atoms. The fourth-order valence-electron chi connectivity index (χ4n) is 3.10. The number of fused-ring (bicyclic) bond motifs is 1. The van der Waals surface area contributed by atoms with E-state index in [-0.39, 0.29) is 29.9 Å². The number of aromatic amines is 1. The van der Waals surface area contributed by atoms with Crippen molar-refractivity contribution in [3.05, 3.63) is 35.5 Å². The van der Waals surface area contributed by atoms with Crippen LogP contribution in [0.25, 0.3) is 10.9 Å². The topological polar surface area (TPSA) is 78.5 Å². The van der Waals surface area contributed by atoms with Gasteiger partial charge in [0, 0.05) is 43.7 Å². The molecular formula is C21H33IN4O2. The number of rotatable bonds is 10. The molecule has 0 amide bonds. The summed E-state index contributed by atoms with van der Waals surface area (Å²) in [5, 5.41) is 8.01. The number of benzene rings is 1. The molecular weight excluding hydrogens is 467 g/mol. The number of carbonyl (C=O) groups excluding carboxylic acids is 1. The highest BCUT2D eigenvalue weighted by Gasteiger charge is 2.04. The van der Waals surface area contributed by atoms with Gasteiger partial charge >= 0.3 is 5.97 Å². The minimum absolute atomic E-state index is 0. The molecule has 7 heteroatoms. The number of ether oxygens (including phenoxy) is 1. The highest BCUT2D eigenvalue weighted by atomic mass is 127. The first-order valence-corrected chi connectivity index (χ1v) is 9.72. The van der Waals surface area contributed by atoms with Crippen LogP contribution in [-0.2, 0) is 16.0 Å². The lowest BCUT2D eigenvalue weighted by atomic mass is 10.1. The van der Waals surface area contributed by atoms with Crippen molar-refractivity contribution in [3.63, 3.8) is 0 Å². The van der Waals surface area contributed by atoms with Crippen molar-refractivity contribution in [1.29, 1.82) is 0 Å². The molecule has 0 aliphatic carbocycles. The number of esters is 1. The molecule has 3 N–H and O–H groups in total. The van der Waals surface area contributed by atoms with Crippen LogP contribution in [0.4, 0.5) is 0 Å². The summed E-state index contributed by atoms with van der Waals surface area (Å²) < 4.78 is 4.64. The van der Waals surface area contributed by atoms with Crippen LogP contribution in [0.5, 0.6) is 0 Å². The van der Waals surface area contributed by atoms with Crippen LogP contribution in [-0.4, -0.2) is 44.2 Å². The lowest BCUT2D eigenvalue weighted by molar-refractivity contribution is -0.140. The summed E-state index contributed by atoms with van der Waals surface area (Å²) >= 11 is 0. The van der Waals surface area contributed by atoms with Crippen LogP contribution < -0.4 is 10.6 Å². The number of aromatic nitrogens is 1. The predicted octanol–water partition coefficient (Wildman–Crippen LogP) is 3.93. The number of guanidine groups is 1. The quantitative estimate of drug-likeness (QED) is 0.152. The fraction of sp³-hybridized carbons (Fsp3) is 0.524. The zero-order chi connectivity index (χ0) is 19.5. The van der Waals surface area contributed by atoms with Crippen molar-refractivity contribution < 1.29 is 9.53 Å². The van der Waals surface area contributed by atoms with E-state index in [4.69, 9.17) is 0 Å². The Morgan fingerprint density at radius 2 is 1.89 bits per heavy atom. The first-order valence-electron chi connectivity index (χ1n) is 9.72. The third-order valence-electron chi connectivity index (χ3n) is 4.66. The van der Waals surface area contributed by atoms with E-state index in [1.807, 2.05) is 0 Å². The van der Waals surface area contributed by atoms with Gasteiger partial charge in [-0.1, -0.05) is 25.0 Å².